The predicted octanol–water partition coefficient (Wildman–Crippen LogP) is 8.14. The summed E-state index contributed by atoms with van der Waals surface area (Å²) in [5.74, 6) is 0.239. The Hall–Kier alpha value is -3.42. The number of ketones is 1. The fraction of sp³-hybridized carbons (Fsp3) is 0.182. The Morgan fingerprint density at radius 3 is 2.32 bits per heavy atom. The van der Waals surface area contributed by atoms with Crippen molar-refractivity contribution in [3.05, 3.63) is 118 Å². The van der Waals surface area contributed by atoms with Crippen molar-refractivity contribution in [2.24, 2.45) is 0 Å². The average Bonchev–Trinajstić information content (AvgIpc) is 2.93. The van der Waals surface area contributed by atoms with Gasteiger partial charge in [-0.05, 0) is 91.3 Å². The number of halogens is 2. The number of Topliss-reactive ketones (excluding diaryl/α,β-unsaturated/α-hetero) is 1. The minimum absolute atomic E-state index is 0. The number of hydrogen-bond donors (Lipinski definition) is 2. The number of benzene rings is 4. The van der Waals surface area contributed by atoms with Crippen molar-refractivity contribution in [2.45, 2.75) is 22.6 Å². The van der Waals surface area contributed by atoms with Gasteiger partial charge in [0.15, 0.2) is 5.78 Å². The van der Waals surface area contributed by atoms with Crippen molar-refractivity contribution in [2.75, 3.05) is 27.7 Å². The molecule has 214 valence electrons. The molecule has 0 saturated heterocycles. The van der Waals surface area contributed by atoms with E-state index in [9.17, 15) is 15.0 Å². The highest BCUT2D eigenvalue weighted by Gasteiger charge is 2.20. The normalized spacial score (nSPS) is 12.5. The van der Waals surface area contributed by atoms with E-state index in [2.05, 4.69) is 61.5 Å². The SMILES string of the molecule is CN(C)CCC=C1c2ccccc2Sc2ccc(Cl)cc21.COc1ccc(CC(=O)c2ccc(O)cc2O)cc1.Cl. The van der Waals surface area contributed by atoms with Crippen LogP contribution in [0.15, 0.2) is 101 Å². The van der Waals surface area contributed by atoms with E-state index in [4.69, 9.17) is 16.3 Å². The molecular formula is C33H33Cl2NO4S. The van der Waals surface area contributed by atoms with Gasteiger partial charge in [-0.1, -0.05) is 59.8 Å². The molecule has 0 bridgehead atoms. The Morgan fingerprint density at radius 2 is 1.63 bits per heavy atom. The number of hydrogen-bond acceptors (Lipinski definition) is 6. The van der Waals surface area contributed by atoms with Crippen LogP contribution in [0.4, 0.5) is 0 Å². The highest BCUT2D eigenvalue weighted by molar-refractivity contribution is 7.99. The Labute approximate surface area is 256 Å². The molecule has 0 aliphatic carbocycles. The van der Waals surface area contributed by atoms with Gasteiger partial charge in [-0.25, -0.2) is 0 Å². The van der Waals surface area contributed by atoms with Crippen LogP contribution in [0.2, 0.25) is 5.02 Å². The maximum Gasteiger partial charge on any atom is 0.170 e. The molecule has 8 heteroatoms. The highest BCUT2D eigenvalue weighted by Crippen LogP contribution is 2.46. The molecule has 0 aromatic heterocycles. The molecule has 5 rings (SSSR count). The molecule has 41 heavy (non-hydrogen) atoms. The molecule has 1 aliphatic rings. The van der Waals surface area contributed by atoms with Gasteiger partial charge in [-0.15, -0.1) is 12.4 Å². The minimum atomic E-state index is -0.210. The molecule has 0 unspecified atom stereocenters. The first-order valence-electron chi connectivity index (χ1n) is 12.9. The monoisotopic (exact) mass is 609 g/mol. The maximum atomic E-state index is 12.0. The third-order valence-corrected chi connectivity index (χ3v) is 7.75. The topological polar surface area (TPSA) is 70.0 Å². The molecule has 0 atom stereocenters. The third kappa shape index (κ3) is 8.54. The number of carbonyl (C=O) groups excluding carboxylic acids is 1. The molecule has 0 radical (unpaired) electrons. The molecule has 1 heterocycles. The van der Waals surface area contributed by atoms with Crippen LogP contribution >= 0.6 is 35.8 Å². The van der Waals surface area contributed by atoms with Gasteiger partial charge in [0.2, 0.25) is 0 Å². The van der Waals surface area contributed by atoms with Crippen LogP contribution in [0, 0.1) is 0 Å². The van der Waals surface area contributed by atoms with Crippen molar-refractivity contribution < 1.29 is 19.7 Å². The van der Waals surface area contributed by atoms with Crippen LogP contribution in [0.25, 0.3) is 5.57 Å². The standard InChI is InChI=1S/C18H18ClNS.C15H14O4.ClH/c1-20(2)11-5-7-14-15-6-3-4-8-17(15)21-18-10-9-13(19)12-16(14)18;1-19-12-5-2-10(3-6-12)8-14(17)13-7-4-11(16)9-15(13)18;/h3-4,6-10,12H,5,11H2,1-2H3;2-7,9,16,18H,8H2,1H3;1H. The molecule has 5 nitrogen and oxygen atoms in total. The zero-order valence-corrected chi connectivity index (χ0v) is 25.5. The molecule has 0 spiro atoms. The van der Waals surface area contributed by atoms with Gasteiger partial charge in [0.05, 0.1) is 12.7 Å². The summed E-state index contributed by atoms with van der Waals surface area (Å²) in [4.78, 5) is 16.8. The first-order chi connectivity index (χ1) is 19.2. The van der Waals surface area contributed by atoms with Gasteiger partial charge in [0.25, 0.3) is 0 Å². The average molecular weight is 611 g/mol. The summed E-state index contributed by atoms with van der Waals surface area (Å²) in [7, 11) is 5.79. The predicted molar refractivity (Wildman–Crippen MR) is 170 cm³/mol. The number of fused-ring (bicyclic) bond motifs is 2. The largest absolute Gasteiger partial charge is 0.508 e. The Morgan fingerprint density at radius 1 is 0.927 bits per heavy atom. The molecule has 2 N–H and O–H groups in total. The number of rotatable bonds is 7. The maximum absolute atomic E-state index is 12.0. The molecule has 4 aromatic rings. The second kappa shape index (κ2) is 15.0. The molecule has 0 amide bonds. The van der Waals surface area contributed by atoms with Crippen LogP contribution in [0.1, 0.15) is 33.5 Å². The van der Waals surface area contributed by atoms with Gasteiger partial charge >= 0.3 is 0 Å². The van der Waals surface area contributed by atoms with E-state index in [0.717, 1.165) is 35.4 Å². The lowest BCUT2D eigenvalue weighted by atomic mass is 9.96. The molecule has 1 aliphatic heterocycles. The van der Waals surface area contributed by atoms with Crippen molar-refractivity contribution >= 4 is 47.1 Å². The second-order valence-corrected chi connectivity index (χ2v) is 11.1. The Bertz CT molecular complexity index is 1520. The van der Waals surface area contributed by atoms with Crippen molar-refractivity contribution in [3.63, 3.8) is 0 Å². The van der Waals surface area contributed by atoms with Crippen LogP contribution in [-0.2, 0) is 6.42 Å². The fourth-order valence-corrected chi connectivity index (χ4v) is 5.57. The van der Waals surface area contributed by atoms with E-state index in [0.29, 0.717) is 0 Å². The van der Waals surface area contributed by atoms with Gasteiger partial charge in [0, 0.05) is 33.8 Å². The van der Waals surface area contributed by atoms with Gasteiger partial charge in [0.1, 0.15) is 17.2 Å². The summed E-state index contributed by atoms with van der Waals surface area (Å²) in [6.45, 7) is 1.05. The quantitative estimate of drug-likeness (QED) is 0.181. The summed E-state index contributed by atoms with van der Waals surface area (Å²) >= 11 is 8.03. The fourth-order valence-electron chi connectivity index (χ4n) is 4.31. The summed E-state index contributed by atoms with van der Waals surface area (Å²) in [5, 5.41) is 19.6. The van der Waals surface area contributed by atoms with E-state index >= 15 is 0 Å². The first-order valence-corrected chi connectivity index (χ1v) is 14.0. The number of phenols is 2. The summed E-state index contributed by atoms with van der Waals surface area (Å²) in [6.07, 6.45) is 3.56. The molecule has 4 aromatic carbocycles. The number of phenolic OH excluding ortho intramolecular Hbond substituents is 2. The second-order valence-electron chi connectivity index (χ2n) is 9.60. The van der Waals surface area contributed by atoms with Crippen LogP contribution in [0.5, 0.6) is 17.2 Å². The minimum Gasteiger partial charge on any atom is -0.508 e. The third-order valence-electron chi connectivity index (χ3n) is 6.36. The van der Waals surface area contributed by atoms with Crippen molar-refractivity contribution in [3.8, 4) is 17.2 Å². The zero-order valence-electron chi connectivity index (χ0n) is 23.1. The first kappa shape index (κ1) is 32.1. The molecule has 0 saturated carbocycles. The van der Waals surface area contributed by atoms with E-state index in [1.165, 1.54) is 38.6 Å². The van der Waals surface area contributed by atoms with Gasteiger partial charge in [-0.2, -0.15) is 0 Å². The Balaban J connectivity index is 0.000000221. The summed E-state index contributed by atoms with van der Waals surface area (Å²) in [6, 6.07) is 25.9. The number of aromatic hydroxyl groups is 2. The number of ether oxygens (including phenoxy) is 1. The lowest BCUT2D eigenvalue weighted by Gasteiger charge is -2.22. The zero-order chi connectivity index (χ0) is 28.6. The number of nitrogens with zero attached hydrogens (tertiary/aromatic N) is 1. The van der Waals surface area contributed by atoms with Crippen LogP contribution in [0.3, 0.4) is 0 Å². The Kier molecular flexibility index (Phi) is 11.7. The lowest BCUT2D eigenvalue weighted by molar-refractivity contribution is 0.0990. The molecule has 0 fully saturated rings. The van der Waals surface area contributed by atoms with E-state index in [1.54, 1.807) is 31.4 Å². The van der Waals surface area contributed by atoms with Crippen molar-refractivity contribution in [1.82, 2.24) is 4.90 Å². The number of methoxy groups -OCH3 is 1. The summed E-state index contributed by atoms with van der Waals surface area (Å²) < 4.78 is 5.04. The number of carbonyl (C=O) groups is 1. The van der Waals surface area contributed by atoms with E-state index in [-0.39, 0.29) is 41.7 Å². The van der Waals surface area contributed by atoms with Crippen LogP contribution in [-0.4, -0.2) is 48.6 Å². The smallest absolute Gasteiger partial charge is 0.170 e. The van der Waals surface area contributed by atoms with Gasteiger partial charge < -0.3 is 19.8 Å². The lowest BCUT2D eigenvalue weighted by Crippen LogP contribution is -2.12. The molecular weight excluding hydrogens is 577 g/mol. The summed E-state index contributed by atoms with van der Waals surface area (Å²) in [5.41, 5.74) is 4.91. The van der Waals surface area contributed by atoms with E-state index < -0.39 is 0 Å². The van der Waals surface area contributed by atoms with Gasteiger partial charge in [-0.3, -0.25) is 4.79 Å². The highest BCUT2D eigenvalue weighted by atomic mass is 35.5. The van der Waals surface area contributed by atoms with E-state index in [1.807, 2.05) is 17.8 Å². The van der Waals surface area contributed by atoms with Crippen molar-refractivity contribution in [1.29, 1.82) is 0 Å². The van der Waals surface area contributed by atoms with Crippen LogP contribution < -0.4 is 4.74 Å².